The Bertz CT molecular complexity index is 711. The largest absolute Gasteiger partial charge is 0.356 e. The van der Waals surface area contributed by atoms with Crippen LogP contribution in [0.5, 0.6) is 0 Å². The van der Waals surface area contributed by atoms with Crippen LogP contribution in [0.2, 0.25) is 0 Å². The van der Waals surface area contributed by atoms with Gasteiger partial charge in [-0.2, -0.15) is 11.8 Å². The van der Waals surface area contributed by atoms with Gasteiger partial charge in [0.2, 0.25) is 0 Å². The quantitative estimate of drug-likeness (QED) is 0.748. The molecule has 1 aromatic heterocycles. The third-order valence-electron chi connectivity index (χ3n) is 4.61. The van der Waals surface area contributed by atoms with Crippen LogP contribution in [-0.2, 0) is 5.75 Å². The maximum Gasteiger partial charge on any atom is 0.255 e. The standard InChI is InChI=1S/C21H27N3OS/c1-17-7-9-18(10-8-17)16-26-15-12-23-21(25)19-6-5-11-22-20(19)24-13-3-2-4-14-24/h5-11H,2-4,12-16H2,1H3,(H,23,25). The lowest BCUT2D eigenvalue weighted by Crippen LogP contribution is -2.34. The Morgan fingerprint density at radius 2 is 1.92 bits per heavy atom. The SMILES string of the molecule is Cc1ccc(CSCCNC(=O)c2cccnc2N2CCCCC2)cc1. The molecule has 0 unspecified atom stereocenters. The van der Waals surface area contributed by atoms with Gasteiger partial charge in [-0.1, -0.05) is 29.8 Å². The zero-order valence-electron chi connectivity index (χ0n) is 15.4. The van der Waals surface area contributed by atoms with Crippen molar-refractivity contribution in [2.75, 3.05) is 30.3 Å². The Balaban J connectivity index is 1.47. The number of carbonyl (C=O) groups excluding carboxylic acids is 1. The highest BCUT2D eigenvalue weighted by atomic mass is 32.2. The lowest BCUT2D eigenvalue weighted by molar-refractivity contribution is 0.0956. The Morgan fingerprint density at radius 1 is 1.15 bits per heavy atom. The van der Waals surface area contributed by atoms with Crippen LogP contribution >= 0.6 is 11.8 Å². The Kier molecular flexibility index (Phi) is 6.95. The number of anilines is 1. The molecule has 1 aliphatic heterocycles. The van der Waals surface area contributed by atoms with E-state index in [1.165, 1.54) is 30.4 Å². The second-order valence-electron chi connectivity index (χ2n) is 6.72. The van der Waals surface area contributed by atoms with E-state index in [9.17, 15) is 4.79 Å². The number of aromatic nitrogens is 1. The van der Waals surface area contributed by atoms with Gasteiger partial charge in [-0.25, -0.2) is 4.98 Å². The molecule has 3 rings (SSSR count). The minimum atomic E-state index is -0.0189. The van der Waals surface area contributed by atoms with Gasteiger partial charge < -0.3 is 10.2 Å². The van der Waals surface area contributed by atoms with Crippen LogP contribution in [0.1, 0.15) is 40.7 Å². The van der Waals surface area contributed by atoms with Crippen molar-refractivity contribution in [1.29, 1.82) is 0 Å². The summed E-state index contributed by atoms with van der Waals surface area (Å²) in [7, 11) is 0. The van der Waals surface area contributed by atoms with Gasteiger partial charge in [-0.3, -0.25) is 4.79 Å². The van der Waals surface area contributed by atoms with Gasteiger partial charge in [-0.15, -0.1) is 0 Å². The predicted octanol–water partition coefficient (Wildman–Crippen LogP) is 4.04. The van der Waals surface area contributed by atoms with Gasteiger partial charge in [0.05, 0.1) is 5.56 Å². The second-order valence-corrected chi connectivity index (χ2v) is 7.82. The first kappa shape index (κ1) is 18.8. The van der Waals surface area contributed by atoms with Crippen molar-refractivity contribution >= 4 is 23.5 Å². The number of hydrogen-bond donors (Lipinski definition) is 1. The van der Waals surface area contributed by atoms with Gasteiger partial charge >= 0.3 is 0 Å². The number of piperidine rings is 1. The van der Waals surface area contributed by atoms with E-state index in [0.717, 1.165) is 30.4 Å². The lowest BCUT2D eigenvalue weighted by atomic mass is 10.1. The van der Waals surface area contributed by atoms with Gasteiger partial charge in [-0.05, 0) is 43.9 Å². The Morgan fingerprint density at radius 3 is 2.69 bits per heavy atom. The number of rotatable bonds is 7. The molecule has 0 atom stereocenters. The third-order valence-corrected chi connectivity index (χ3v) is 5.64. The smallest absolute Gasteiger partial charge is 0.255 e. The van der Waals surface area contributed by atoms with E-state index in [2.05, 4.69) is 46.4 Å². The monoisotopic (exact) mass is 369 g/mol. The predicted molar refractivity (Wildman–Crippen MR) is 110 cm³/mol. The molecular weight excluding hydrogens is 342 g/mol. The molecule has 138 valence electrons. The third kappa shape index (κ3) is 5.24. The summed E-state index contributed by atoms with van der Waals surface area (Å²) in [6, 6.07) is 12.3. The lowest BCUT2D eigenvalue weighted by Gasteiger charge is -2.29. The molecule has 1 aliphatic rings. The van der Waals surface area contributed by atoms with Gasteiger partial charge in [0.1, 0.15) is 5.82 Å². The molecule has 1 saturated heterocycles. The molecular formula is C21H27N3OS. The molecule has 1 amide bonds. The number of nitrogens with one attached hydrogen (secondary N) is 1. The first-order chi connectivity index (χ1) is 12.7. The maximum absolute atomic E-state index is 12.6. The number of nitrogens with zero attached hydrogens (tertiary/aromatic N) is 2. The number of carbonyl (C=O) groups is 1. The number of aryl methyl sites for hydroxylation is 1. The Labute approximate surface area is 160 Å². The molecule has 0 saturated carbocycles. The molecule has 5 heteroatoms. The average molecular weight is 370 g/mol. The van der Waals surface area contributed by atoms with Crippen molar-refractivity contribution in [3.05, 3.63) is 59.3 Å². The van der Waals surface area contributed by atoms with Crippen LogP contribution in [-0.4, -0.2) is 36.3 Å². The van der Waals surface area contributed by atoms with Crippen molar-refractivity contribution in [2.45, 2.75) is 31.9 Å². The fourth-order valence-electron chi connectivity index (χ4n) is 3.14. The number of pyridine rings is 1. The molecule has 0 aliphatic carbocycles. The Hall–Kier alpha value is -2.01. The molecule has 1 N–H and O–H groups in total. The number of hydrogen-bond acceptors (Lipinski definition) is 4. The highest BCUT2D eigenvalue weighted by molar-refractivity contribution is 7.98. The molecule has 1 fully saturated rings. The summed E-state index contributed by atoms with van der Waals surface area (Å²) in [4.78, 5) is 19.3. The highest BCUT2D eigenvalue weighted by Gasteiger charge is 2.19. The van der Waals surface area contributed by atoms with E-state index in [4.69, 9.17) is 0 Å². The van der Waals surface area contributed by atoms with Crippen LogP contribution in [0.15, 0.2) is 42.6 Å². The second kappa shape index (κ2) is 9.62. The van der Waals surface area contributed by atoms with Crippen LogP contribution in [0.25, 0.3) is 0 Å². The molecule has 26 heavy (non-hydrogen) atoms. The maximum atomic E-state index is 12.6. The summed E-state index contributed by atoms with van der Waals surface area (Å²) in [6.45, 7) is 4.75. The van der Waals surface area contributed by atoms with Gasteiger partial charge in [0, 0.05) is 37.3 Å². The van der Waals surface area contributed by atoms with Crippen LogP contribution < -0.4 is 10.2 Å². The number of amides is 1. The number of benzene rings is 1. The summed E-state index contributed by atoms with van der Waals surface area (Å²) in [5.74, 6) is 2.69. The van der Waals surface area contributed by atoms with Crippen molar-refractivity contribution in [2.24, 2.45) is 0 Å². The van der Waals surface area contributed by atoms with Crippen molar-refractivity contribution in [3.8, 4) is 0 Å². The summed E-state index contributed by atoms with van der Waals surface area (Å²) in [5.41, 5.74) is 3.30. The fraction of sp³-hybridized carbons (Fsp3) is 0.429. The van der Waals surface area contributed by atoms with Gasteiger partial charge in [0.15, 0.2) is 0 Å². The van der Waals surface area contributed by atoms with E-state index >= 15 is 0 Å². The van der Waals surface area contributed by atoms with E-state index in [-0.39, 0.29) is 5.91 Å². The normalized spacial score (nSPS) is 14.3. The van der Waals surface area contributed by atoms with Crippen molar-refractivity contribution < 1.29 is 4.79 Å². The minimum absolute atomic E-state index is 0.0189. The molecule has 4 nitrogen and oxygen atoms in total. The van der Waals surface area contributed by atoms with Crippen LogP contribution in [0, 0.1) is 6.92 Å². The zero-order chi connectivity index (χ0) is 18.2. The molecule has 0 bridgehead atoms. The molecule has 0 spiro atoms. The van der Waals surface area contributed by atoms with Crippen LogP contribution in [0.3, 0.4) is 0 Å². The van der Waals surface area contributed by atoms with Crippen molar-refractivity contribution in [3.63, 3.8) is 0 Å². The fourth-order valence-corrected chi connectivity index (χ4v) is 3.96. The molecule has 1 aromatic carbocycles. The van der Waals surface area contributed by atoms with E-state index in [1.54, 1.807) is 6.20 Å². The summed E-state index contributed by atoms with van der Waals surface area (Å²) in [5, 5.41) is 3.05. The summed E-state index contributed by atoms with van der Waals surface area (Å²) in [6.07, 6.45) is 5.39. The average Bonchev–Trinajstić information content (AvgIpc) is 2.69. The van der Waals surface area contributed by atoms with E-state index in [1.807, 2.05) is 23.9 Å². The van der Waals surface area contributed by atoms with E-state index < -0.39 is 0 Å². The minimum Gasteiger partial charge on any atom is -0.356 e. The molecule has 2 heterocycles. The van der Waals surface area contributed by atoms with Gasteiger partial charge in [0.25, 0.3) is 5.91 Å². The van der Waals surface area contributed by atoms with Crippen LogP contribution in [0.4, 0.5) is 5.82 Å². The first-order valence-electron chi connectivity index (χ1n) is 9.35. The summed E-state index contributed by atoms with van der Waals surface area (Å²) >= 11 is 1.84. The molecule has 2 aromatic rings. The highest BCUT2D eigenvalue weighted by Crippen LogP contribution is 2.21. The zero-order valence-corrected chi connectivity index (χ0v) is 16.2. The summed E-state index contributed by atoms with van der Waals surface area (Å²) < 4.78 is 0. The molecule has 0 radical (unpaired) electrons. The number of thioether (sulfide) groups is 1. The topological polar surface area (TPSA) is 45.2 Å². The first-order valence-corrected chi connectivity index (χ1v) is 10.5. The van der Waals surface area contributed by atoms with Crippen molar-refractivity contribution in [1.82, 2.24) is 10.3 Å². The van der Waals surface area contributed by atoms with E-state index in [0.29, 0.717) is 12.1 Å².